The number of hydrogen-bond acceptors (Lipinski definition) is 3. The van der Waals surface area contributed by atoms with Crippen LogP contribution in [0.2, 0.25) is 0 Å². The van der Waals surface area contributed by atoms with Gasteiger partial charge in [-0.25, -0.2) is 9.67 Å². The molecule has 0 fully saturated rings. The highest BCUT2D eigenvalue weighted by atomic mass is 15.4. The SMILES string of the molecule is CCNC(Cn1nc(C)nc1C)C(C)(C)C. The quantitative estimate of drug-likeness (QED) is 0.849. The van der Waals surface area contributed by atoms with Crippen molar-refractivity contribution in [2.75, 3.05) is 6.54 Å². The van der Waals surface area contributed by atoms with E-state index in [0.29, 0.717) is 6.04 Å². The first-order valence-corrected chi connectivity index (χ1v) is 5.96. The van der Waals surface area contributed by atoms with E-state index in [1.165, 1.54) is 0 Å². The lowest BCUT2D eigenvalue weighted by Gasteiger charge is -2.31. The fourth-order valence-corrected chi connectivity index (χ4v) is 1.80. The number of aryl methyl sites for hydroxylation is 2. The number of nitrogens with zero attached hydrogens (tertiary/aromatic N) is 3. The van der Waals surface area contributed by atoms with Gasteiger partial charge in [0.15, 0.2) is 0 Å². The van der Waals surface area contributed by atoms with E-state index in [2.05, 4.69) is 43.1 Å². The van der Waals surface area contributed by atoms with E-state index in [1.807, 2.05) is 18.5 Å². The van der Waals surface area contributed by atoms with Gasteiger partial charge in [-0.1, -0.05) is 27.7 Å². The highest BCUT2D eigenvalue weighted by molar-refractivity contribution is 4.90. The molecule has 1 aromatic heterocycles. The largest absolute Gasteiger partial charge is 0.312 e. The van der Waals surface area contributed by atoms with Gasteiger partial charge >= 0.3 is 0 Å². The van der Waals surface area contributed by atoms with E-state index in [4.69, 9.17) is 0 Å². The van der Waals surface area contributed by atoms with Crippen LogP contribution in [0.1, 0.15) is 39.3 Å². The summed E-state index contributed by atoms with van der Waals surface area (Å²) >= 11 is 0. The third kappa shape index (κ3) is 3.30. The van der Waals surface area contributed by atoms with Crippen molar-refractivity contribution in [1.29, 1.82) is 0 Å². The highest BCUT2D eigenvalue weighted by Gasteiger charge is 2.24. The normalized spacial score (nSPS) is 14.1. The van der Waals surface area contributed by atoms with Crippen molar-refractivity contribution in [1.82, 2.24) is 20.1 Å². The molecule has 0 bridgehead atoms. The number of rotatable bonds is 4. The van der Waals surface area contributed by atoms with Gasteiger partial charge in [0.05, 0.1) is 6.54 Å². The first-order chi connectivity index (χ1) is 7.34. The standard InChI is InChI=1S/C12H24N4/c1-7-13-11(12(4,5)6)8-16-10(3)14-9(2)15-16/h11,13H,7-8H2,1-6H3. The molecule has 0 radical (unpaired) electrons. The number of likely N-dealkylation sites (N-methyl/N-ethyl adjacent to an activating group) is 1. The van der Waals surface area contributed by atoms with Gasteiger partial charge in [-0.2, -0.15) is 5.10 Å². The fraction of sp³-hybridized carbons (Fsp3) is 0.833. The predicted molar refractivity (Wildman–Crippen MR) is 66.4 cm³/mol. The predicted octanol–water partition coefficient (Wildman–Crippen LogP) is 1.92. The van der Waals surface area contributed by atoms with E-state index >= 15 is 0 Å². The summed E-state index contributed by atoms with van der Waals surface area (Å²) in [6, 6.07) is 0.414. The third-order valence-corrected chi connectivity index (χ3v) is 2.81. The molecule has 1 rings (SSSR count). The topological polar surface area (TPSA) is 42.7 Å². The molecule has 92 valence electrons. The van der Waals surface area contributed by atoms with E-state index in [9.17, 15) is 0 Å². The number of aromatic nitrogens is 3. The van der Waals surface area contributed by atoms with Crippen LogP contribution in [0.3, 0.4) is 0 Å². The maximum atomic E-state index is 4.41. The summed E-state index contributed by atoms with van der Waals surface area (Å²) in [5.74, 6) is 1.84. The second-order valence-electron chi connectivity index (χ2n) is 5.36. The summed E-state index contributed by atoms with van der Waals surface area (Å²) < 4.78 is 1.99. The van der Waals surface area contributed by atoms with Crippen LogP contribution in [0.4, 0.5) is 0 Å². The average Bonchev–Trinajstić information content (AvgIpc) is 2.43. The molecular formula is C12H24N4. The molecule has 0 amide bonds. The number of hydrogen-bond donors (Lipinski definition) is 1. The van der Waals surface area contributed by atoms with Gasteiger partial charge in [-0.15, -0.1) is 0 Å². The highest BCUT2D eigenvalue weighted by Crippen LogP contribution is 2.20. The fourth-order valence-electron chi connectivity index (χ4n) is 1.80. The van der Waals surface area contributed by atoms with Crippen LogP contribution in [0.5, 0.6) is 0 Å². The van der Waals surface area contributed by atoms with Gasteiger partial charge in [0.2, 0.25) is 0 Å². The lowest BCUT2D eigenvalue weighted by atomic mass is 9.86. The molecule has 0 aliphatic carbocycles. The monoisotopic (exact) mass is 224 g/mol. The van der Waals surface area contributed by atoms with Crippen LogP contribution in [-0.2, 0) is 6.54 Å². The molecule has 0 saturated heterocycles. The van der Waals surface area contributed by atoms with E-state index in [0.717, 1.165) is 24.7 Å². The van der Waals surface area contributed by atoms with Crippen molar-refractivity contribution in [2.24, 2.45) is 5.41 Å². The second kappa shape index (κ2) is 4.95. The van der Waals surface area contributed by atoms with Crippen molar-refractivity contribution >= 4 is 0 Å². The average molecular weight is 224 g/mol. The van der Waals surface area contributed by atoms with E-state index in [1.54, 1.807) is 0 Å². The van der Waals surface area contributed by atoms with Crippen LogP contribution in [-0.4, -0.2) is 27.4 Å². The van der Waals surface area contributed by atoms with E-state index in [-0.39, 0.29) is 5.41 Å². The van der Waals surface area contributed by atoms with Crippen LogP contribution < -0.4 is 5.32 Å². The Bertz CT molecular complexity index is 335. The van der Waals surface area contributed by atoms with Crippen molar-refractivity contribution < 1.29 is 0 Å². The molecule has 0 spiro atoms. The van der Waals surface area contributed by atoms with Crippen LogP contribution in [0, 0.1) is 19.3 Å². The molecule has 1 atom stereocenters. The van der Waals surface area contributed by atoms with Gasteiger partial charge in [0.25, 0.3) is 0 Å². The molecule has 0 aliphatic rings. The Morgan fingerprint density at radius 2 is 1.94 bits per heavy atom. The van der Waals surface area contributed by atoms with Gasteiger partial charge in [0, 0.05) is 6.04 Å². The van der Waals surface area contributed by atoms with Gasteiger partial charge in [-0.05, 0) is 25.8 Å². The van der Waals surface area contributed by atoms with Crippen LogP contribution in [0.15, 0.2) is 0 Å². The maximum Gasteiger partial charge on any atom is 0.147 e. The minimum Gasteiger partial charge on any atom is -0.312 e. The smallest absolute Gasteiger partial charge is 0.147 e. The zero-order valence-electron chi connectivity index (χ0n) is 11.3. The first kappa shape index (κ1) is 13.2. The Morgan fingerprint density at radius 3 is 2.31 bits per heavy atom. The van der Waals surface area contributed by atoms with Crippen molar-refractivity contribution in [3.05, 3.63) is 11.6 Å². The number of nitrogens with one attached hydrogen (secondary N) is 1. The molecule has 1 aromatic rings. The Labute approximate surface area is 98.5 Å². The Morgan fingerprint density at radius 1 is 1.31 bits per heavy atom. The molecule has 16 heavy (non-hydrogen) atoms. The summed E-state index contributed by atoms with van der Waals surface area (Å²) in [6.07, 6.45) is 0. The van der Waals surface area contributed by atoms with Crippen molar-refractivity contribution in [3.8, 4) is 0 Å². The summed E-state index contributed by atoms with van der Waals surface area (Å²) in [4.78, 5) is 4.33. The minimum absolute atomic E-state index is 0.225. The summed E-state index contributed by atoms with van der Waals surface area (Å²) in [7, 11) is 0. The minimum atomic E-state index is 0.225. The summed E-state index contributed by atoms with van der Waals surface area (Å²) in [6.45, 7) is 14.7. The molecule has 4 nitrogen and oxygen atoms in total. The lowest BCUT2D eigenvalue weighted by Crippen LogP contribution is -2.43. The zero-order chi connectivity index (χ0) is 12.3. The molecular weight excluding hydrogens is 200 g/mol. The Balaban J connectivity index is 2.79. The van der Waals surface area contributed by atoms with Crippen molar-refractivity contribution in [3.63, 3.8) is 0 Å². The molecule has 0 saturated carbocycles. The Kier molecular flexibility index (Phi) is 4.08. The lowest BCUT2D eigenvalue weighted by molar-refractivity contribution is 0.237. The Hall–Kier alpha value is -0.900. The van der Waals surface area contributed by atoms with Gasteiger partial charge in [-0.3, -0.25) is 0 Å². The van der Waals surface area contributed by atoms with Crippen LogP contribution in [0.25, 0.3) is 0 Å². The zero-order valence-corrected chi connectivity index (χ0v) is 11.3. The third-order valence-electron chi connectivity index (χ3n) is 2.81. The summed E-state index contributed by atoms with van der Waals surface area (Å²) in [5.41, 5.74) is 0.225. The maximum absolute atomic E-state index is 4.41. The first-order valence-electron chi connectivity index (χ1n) is 5.96. The summed E-state index contributed by atoms with van der Waals surface area (Å²) in [5, 5.41) is 7.93. The molecule has 0 aromatic carbocycles. The van der Waals surface area contributed by atoms with Crippen LogP contribution >= 0.6 is 0 Å². The van der Waals surface area contributed by atoms with E-state index < -0.39 is 0 Å². The molecule has 4 heteroatoms. The van der Waals surface area contributed by atoms with Crippen molar-refractivity contribution in [2.45, 2.75) is 54.1 Å². The van der Waals surface area contributed by atoms with Gasteiger partial charge < -0.3 is 5.32 Å². The molecule has 1 heterocycles. The second-order valence-corrected chi connectivity index (χ2v) is 5.36. The molecule has 1 N–H and O–H groups in total. The van der Waals surface area contributed by atoms with Gasteiger partial charge in [0.1, 0.15) is 11.6 Å². The molecule has 0 aliphatic heterocycles. The molecule has 1 unspecified atom stereocenters.